The minimum atomic E-state index is -0.447. The van der Waals surface area contributed by atoms with Crippen molar-refractivity contribution in [1.29, 1.82) is 0 Å². The lowest BCUT2D eigenvalue weighted by molar-refractivity contribution is -0.124. The Labute approximate surface area is 150 Å². The van der Waals surface area contributed by atoms with E-state index in [1.165, 1.54) is 0 Å². The quantitative estimate of drug-likeness (QED) is 0.816. The smallest absolute Gasteiger partial charge is 0.235 e. The van der Waals surface area contributed by atoms with E-state index in [9.17, 15) is 4.79 Å². The van der Waals surface area contributed by atoms with Crippen LogP contribution in [0.25, 0.3) is 0 Å². The van der Waals surface area contributed by atoms with Crippen LogP contribution in [0.4, 0.5) is 5.69 Å². The van der Waals surface area contributed by atoms with Crippen molar-refractivity contribution in [1.82, 2.24) is 0 Å². The summed E-state index contributed by atoms with van der Waals surface area (Å²) in [4.78, 5) is 13.0. The first-order valence-corrected chi connectivity index (χ1v) is 8.67. The van der Waals surface area contributed by atoms with Gasteiger partial charge in [0.25, 0.3) is 0 Å². The van der Waals surface area contributed by atoms with Crippen LogP contribution in [-0.4, -0.2) is 20.1 Å². The zero-order chi connectivity index (χ0) is 17.2. The highest BCUT2D eigenvalue weighted by atomic mass is 79.9. The number of amides is 1. The van der Waals surface area contributed by atoms with Crippen LogP contribution in [0.3, 0.4) is 0 Å². The third-order valence-electron chi connectivity index (χ3n) is 4.65. The highest BCUT2D eigenvalue weighted by Crippen LogP contribution is 2.45. The van der Waals surface area contributed by atoms with Crippen LogP contribution in [0.15, 0.2) is 46.9 Å². The number of halogens is 1. The fraction of sp³-hybridized carbons (Fsp3) is 0.316. The summed E-state index contributed by atoms with van der Waals surface area (Å²) in [5.74, 6) is 1.32. The predicted molar refractivity (Wildman–Crippen MR) is 97.8 cm³/mol. The second kappa shape index (κ2) is 6.85. The molecule has 1 amide bonds. The van der Waals surface area contributed by atoms with Crippen LogP contribution in [0, 0.1) is 0 Å². The first-order chi connectivity index (χ1) is 11.6. The van der Waals surface area contributed by atoms with Crippen molar-refractivity contribution in [3.05, 3.63) is 52.5 Å². The second-order valence-corrected chi connectivity index (χ2v) is 6.91. The van der Waals surface area contributed by atoms with Gasteiger partial charge >= 0.3 is 0 Å². The molecule has 0 radical (unpaired) electrons. The average Bonchev–Trinajstić information content (AvgIpc) is 2.55. The van der Waals surface area contributed by atoms with Gasteiger partial charge in [0, 0.05) is 28.4 Å². The number of nitrogens with one attached hydrogen (secondary N) is 1. The minimum absolute atomic E-state index is 0.0198. The number of benzene rings is 2. The van der Waals surface area contributed by atoms with E-state index in [4.69, 9.17) is 9.47 Å². The van der Waals surface area contributed by atoms with Gasteiger partial charge in [-0.3, -0.25) is 4.79 Å². The van der Waals surface area contributed by atoms with Crippen molar-refractivity contribution in [2.24, 2.45) is 0 Å². The molecule has 0 spiro atoms. The number of ether oxygens (including phenoxy) is 2. The molecule has 4 nitrogen and oxygen atoms in total. The molecular weight excluding hydrogens is 370 g/mol. The van der Waals surface area contributed by atoms with E-state index in [0.717, 1.165) is 29.3 Å². The Morgan fingerprint density at radius 2 is 1.62 bits per heavy atom. The lowest BCUT2D eigenvalue weighted by Gasteiger charge is -2.40. The van der Waals surface area contributed by atoms with Crippen molar-refractivity contribution in [2.75, 3.05) is 19.5 Å². The van der Waals surface area contributed by atoms with Gasteiger partial charge in [0.1, 0.15) is 11.5 Å². The molecular formula is C19H20BrNO3. The average molecular weight is 390 g/mol. The molecule has 2 aromatic rings. The zero-order valence-corrected chi connectivity index (χ0v) is 15.4. The Morgan fingerprint density at radius 3 is 2.08 bits per heavy atom. The van der Waals surface area contributed by atoms with Crippen LogP contribution in [0.2, 0.25) is 0 Å². The third-order valence-corrected chi connectivity index (χ3v) is 5.18. The van der Waals surface area contributed by atoms with Gasteiger partial charge in [0.05, 0.1) is 19.6 Å². The van der Waals surface area contributed by atoms with E-state index in [0.29, 0.717) is 17.2 Å². The Balaban J connectivity index is 1.86. The molecule has 0 aromatic heterocycles. The van der Waals surface area contributed by atoms with Crippen molar-refractivity contribution < 1.29 is 14.3 Å². The summed E-state index contributed by atoms with van der Waals surface area (Å²) < 4.78 is 11.5. The van der Waals surface area contributed by atoms with E-state index in [1.54, 1.807) is 32.4 Å². The predicted octanol–water partition coefficient (Wildman–Crippen LogP) is 4.53. The Hall–Kier alpha value is -2.01. The van der Waals surface area contributed by atoms with Crippen molar-refractivity contribution in [2.45, 2.75) is 24.7 Å². The van der Waals surface area contributed by atoms with E-state index in [-0.39, 0.29) is 5.91 Å². The molecule has 0 unspecified atom stereocenters. The third kappa shape index (κ3) is 3.13. The number of methoxy groups -OCH3 is 2. The molecule has 0 aliphatic heterocycles. The van der Waals surface area contributed by atoms with Crippen LogP contribution >= 0.6 is 15.9 Å². The molecule has 2 aromatic carbocycles. The van der Waals surface area contributed by atoms with Crippen molar-refractivity contribution >= 4 is 27.5 Å². The van der Waals surface area contributed by atoms with Gasteiger partial charge in [-0.1, -0.05) is 34.5 Å². The monoisotopic (exact) mass is 389 g/mol. The molecule has 0 bridgehead atoms. The maximum atomic E-state index is 13.0. The molecule has 0 heterocycles. The molecule has 1 fully saturated rings. The number of hydrogen-bond acceptors (Lipinski definition) is 3. The summed E-state index contributed by atoms with van der Waals surface area (Å²) in [6, 6.07) is 13.4. The minimum Gasteiger partial charge on any atom is -0.497 e. The number of rotatable bonds is 5. The van der Waals surface area contributed by atoms with Gasteiger partial charge in [-0.05, 0) is 30.5 Å². The molecule has 1 aliphatic carbocycles. The van der Waals surface area contributed by atoms with E-state index in [2.05, 4.69) is 21.2 Å². The summed E-state index contributed by atoms with van der Waals surface area (Å²) >= 11 is 3.45. The largest absolute Gasteiger partial charge is 0.497 e. The SMILES string of the molecule is COc1cc(NC(=O)C2(c3ccc(Br)cc3)CCC2)cc(OC)c1. The van der Waals surface area contributed by atoms with E-state index in [1.807, 2.05) is 24.3 Å². The van der Waals surface area contributed by atoms with Gasteiger partial charge in [-0.15, -0.1) is 0 Å². The molecule has 0 atom stereocenters. The number of carbonyl (C=O) groups excluding carboxylic acids is 1. The molecule has 1 N–H and O–H groups in total. The number of anilines is 1. The van der Waals surface area contributed by atoms with Crippen LogP contribution in [-0.2, 0) is 10.2 Å². The normalized spacial score (nSPS) is 15.3. The molecule has 126 valence electrons. The van der Waals surface area contributed by atoms with Gasteiger partial charge in [0.15, 0.2) is 0 Å². The molecule has 3 rings (SSSR count). The van der Waals surface area contributed by atoms with Crippen molar-refractivity contribution in [3.8, 4) is 11.5 Å². The van der Waals surface area contributed by atoms with Crippen LogP contribution in [0.5, 0.6) is 11.5 Å². The Kier molecular flexibility index (Phi) is 4.81. The summed E-state index contributed by atoms with van der Waals surface area (Å²) in [7, 11) is 3.19. The summed E-state index contributed by atoms with van der Waals surface area (Å²) in [6.45, 7) is 0. The fourth-order valence-electron chi connectivity index (χ4n) is 3.08. The molecule has 1 aliphatic rings. The molecule has 5 heteroatoms. The van der Waals surface area contributed by atoms with Gasteiger partial charge in [-0.25, -0.2) is 0 Å². The Morgan fingerprint density at radius 1 is 1.04 bits per heavy atom. The first kappa shape index (κ1) is 16.8. The number of hydrogen-bond donors (Lipinski definition) is 1. The second-order valence-electron chi connectivity index (χ2n) is 6.00. The zero-order valence-electron chi connectivity index (χ0n) is 13.8. The van der Waals surface area contributed by atoms with Crippen LogP contribution < -0.4 is 14.8 Å². The maximum absolute atomic E-state index is 13.0. The van der Waals surface area contributed by atoms with Crippen molar-refractivity contribution in [3.63, 3.8) is 0 Å². The van der Waals surface area contributed by atoms with Gasteiger partial charge in [-0.2, -0.15) is 0 Å². The van der Waals surface area contributed by atoms with Gasteiger partial charge in [0.2, 0.25) is 5.91 Å². The van der Waals surface area contributed by atoms with Crippen LogP contribution in [0.1, 0.15) is 24.8 Å². The van der Waals surface area contributed by atoms with E-state index < -0.39 is 5.41 Å². The van der Waals surface area contributed by atoms with E-state index >= 15 is 0 Å². The lowest BCUT2D eigenvalue weighted by Crippen LogP contribution is -2.46. The first-order valence-electron chi connectivity index (χ1n) is 7.88. The highest BCUT2D eigenvalue weighted by molar-refractivity contribution is 9.10. The Bertz CT molecular complexity index is 717. The maximum Gasteiger partial charge on any atom is 0.235 e. The molecule has 1 saturated carbocycles. The standard InChI is InChI=1S/C19H20BrNO3/c1-23-16-10-15(11-17(12-16)24-2)21-18(22)19(8-3-9-19)13-4-6-14(20)7-5-13/h4-7,10-12H,3,8-9H2,1-2H3,(H,21,22). The van der Waals surface area contributed by atoms with Gasteiger partial charge < -0.3 is 14.8 Å². The summed E-state index contributed by atoms with van der Waals surface area (Å²) in [6.07, 6.45) is 2.79. The topological polar surface area (TPSA) is 47.6 Å². The molecule has 0 saturated heterocycles. The fourth-order valence-corrected chi connectivity index (χ4v) is 3.34. The summed E-state index contributed by atoms with van der Waals surface area (Å²) in [5.41, 5.74) is 1.29. The highest BCUT2D eigenvalue weighted by Gasteiger charge is 2.45. The summed E-state index contributed by atoms with van der Waals surface area (Å²) in [5, 5.41) is 3.04. The number of carbonyl (C=O) groups is 1. The molecule has 24 heavy (non-hydrogen) atoms. The lowest BCUT2D eigenvalue weighted by atomic mass is 9.64.